The predicted molar refractivity (Wildman–Crippen MR) is 83.6 cm³/mol. The van der Waals surface area contributed by atoms with Gasteiger partial charge in [0, 0.05) is 32.6 Å². The van der Waals surface area contributed by atoms with Gasteiger partial charge in [-0.15, -0.1) is 11.3 Å². The topological polar surface area (TPSA) is 53.5 Å². The molecule has 0 atom stereocenters. The van der Waals surface area contributed by atoms with Gasteiger partial charge in [-0.2, -0.15) is 0 Å². The Hall–Kier alpha value is -1.43. The molecule has 0 spiro atoms. The second-order valence-corrected chi connectivity index (χ2v) is 6.63. The van der Waals surface area contributed by atoms with Crippen LogP contribution in [0.5, 0.6) is 0 Å². The van der Waals surface area contributed by atoms with E-state index in [1.165, 1.54) is 11.3 Å². The quantitative estimate of drug-likeness (QED) is 0.857. The van der Waals surface area contributed by atoms with Crippen molar-refractivity contribution in [2.45, 2.75) is 40.0 Å². The van der Waals surface area contributed by atoms with E-state index < -0.39 is 0 Å². The molecule has 0 aliphatic carbocycles. The summed E-state index contributed by atoms with van der Waals surface area (Å²) < 4.78 is 0. The molecule has 0 unspecified atom stereocenters. The summed E-state index contributed by atoms with van der Waals surface area (Å²) >= 11 is 1.45. The lowest BCUT2D eigenvalue weighted by atomic mass is 10.2. The first kappa shape index (κ1) is 15.9. The second kappa shape index (κ2) is 7.02. The Morgan fingerprint density at radius 2 is 1.76 bits per heavy atom. The van der Waals surface area contributed by atoms with E-state index in [2.05, 4.69) is 11.9 Å². The number of rotatable bonds is 4. The third-order valence-electron chi connectivity index (χ3n) is 3.76. The number of aryl methyl sites for hydroxylation is 2. The molecule has 21 heavy (non-hydrogen) atoms. The van der Waals surface area contributed by atoms with Crippen LogP contribution in [-0.2, 0) is 4.79 Å². The summed E-state index contributed by atoms with van der Waals surface area (Å²) in [6, 6.07) is 0. The van der Waals surface area contributed by atoms with Crippen LogP contribution >= 0.6 is 11.3 Å². The van der Waals surface area contributed by atoms with E-state index in [1.807, 2.05) is 23.6 Å². The number of thiazole rings is 1. The number of amides is 2. The van der Waals surface area contributed by atoms with Gasteiger partial charge in [-0.3, -0.25) is 9.59 Å². The molecule has 2 heterocycles. The lowest BCUT2D eigenvalue weighted by Crippen LogP contribution is -2.50. The summed E-state index contributed by atoms with van der Waals surface area (Å²) in [5.74, 6) is 0.271. The average Bonchev–Trinajstić information content (AvgIpc) is 2.83. The number of hydrogen-bond donors (Lipinski definition) is 0. The summed E-state index contributed by atoms with van der Waals surface area (Å²) in [6.07, 6.45) is 2.60. The zero-order valence-electron chi connectivity index (χ0n) is 13.0. The smallest absolute Gasteiger partial charge is 0.265 e. The highest BCUT2D eigenvalue weighted by molar-refractivity contribution is 7.13. The molecule has 0 radical (unpaired) electrons. The molecule has 5 nitrogen and oxygen atoms in total. The van der Waals surface area contributed by atoms with E-state index in [-0.39, 0.29) is 11.8 Å². The van der Waals surface area contributed by atoms with E-state index >= 15 is 0 Å². The normalized spacial score (nSPS) is 15.4. The zero-order valence-corrected chi connectivity index (χ0v) is 13.8. The van der Waals surface area contributed by atoms with Gasteiger partial charge >= 0.3 is 0 Å². The van der Waals surface area contributed by atoms with Crippen molar-refractivity contribution in [2.75, 3.05) is 26.2 Å². The van der Waals surface area contributed by atoms with Crippen molar-refractivity contribution in [2.24, 2.45) is 0 Å². The summed E-state index contributed by atoms with van der Waals surface area (Å²) in [5, 5.41) is 0.921. The van der Waals surface area contributed by atoms with Gasteiger partial charge in [-0.1, -0.05) is 13.3 Å². The number of carbonyl (C=O) groups excluding carboxylic acids is 2. The Morgan fingerprint density at radius 1 is 1.14 bits per heavy atom. The first-order valence-electron chi connectivity index (χ1n) is 7.54. The fraction of sp³-hybridized carbons (Fsp3) is 0.667. The minimum atomic E-state index is 0.0544. The highest BCUT2D eigenvalue weighted by atomic mass is 32.1. The van der Waals surface area contributed by atoms with Gasteiger partial charge in [0.25, 0.3) is 5.91 Å². The van der Waals surface area contributed by atoms with E-state index in [4.69, 9.17) is 0 Å². The maximum Gasteiger partial charge on any atom is 0.265 e. The molecule has 1 aromatic heterocycles. The van der Waals surface area contributed by atoms with Crippen molar-refractivity contribution in [3.8, 4) is 0 Å². The van der Waals surface area contributed by atoms with Crippen LogP contribution in [-0.4, -0.2) is 52.8 Å². The number of nitrogens with zero attached hydrogens (tertiary/aromatic N) is 3. The maximum absolute atomic E-state index is 12.5. The minimum absolute atomic E-state index is 0.0544. The lowest BCUT2D eigenvalue weighted by Gasteiger charge is -2.34. The van der Waals surface area contributed by atoms with Gasteiger partial charge in [0.1, 0.15) is 4.88 Å². The van der Waals surface area contributed by atoms with E-state index in [0.29, 0.717) is 32.6 Å². The molecule has 1 aliphatic rings. The molecule has 0 saturated carbocycles. The highest BCUT2D eigenvalue weighted by Gasteiger charge is 2.26. The number of unbranched alkanes of at least 4 members (excludes halogenated alkanes) is 1. The molecule has 0 bridgehead atoms. The lowest BCUT2D eigenvalue weighted by molar-refractivity contribution is -0.132. The average molecular weight is 309 g/mol. The van der Waals surface area contributed by atoms with Crippen LogP contribution in [0, 0.1) is 13.8 Å². The van der Waals surface area contributed by atoms with Crippen molar-refractivity contribution >= 4 is 23.2 Å². The summed E-state index contributed by atoms with van der Waals surface area (Å²) in [5.41, 5.74) is 0.809. The number of aromatic nitrogens is 1. The fourth-order valence-electron chi connectivity index (χ4n) is 2.52. The van der Waals surface area contributed by atoms with Crippen LogP contribution in [0.15, 0.2) is 0 Å². The zero-order chi connectivity index (χ0) is 15.4. The van der Waals surface area contributed by atoms with Gasteiger partial charge in [-0.25, -0.2) is 4.98 Å². The summed E-state index contributed by atoms with van der Waals surface area (Å²) in [6.45, 7) is 8.40. The van der Waals surface area contributed by atoms with Crippen molar-refractivity contribution < 1.29 is 9.59 Å². The molecule has 2 rings (SSSR count). The third kappa shape index (κ3) is 3.81. The van der Waals surface area contributed by atoms with Crippen molar-refractivity contribution in [3.05, 3.63) is 15.6 Å². The minimum Gasteiger partial charge on any atom is -0.339 e. The van der Waals surface area contributed by atoms with E-state index in [1.54, 1.807) is 0 Å². The van der Waals surface area contributed by atoms with Crippen LogP contribution in [0.1, 0.15) is 46.6 Å². The number of carbonyl (C=O) groups is 2. The standard InChI is InChI=1S/C15H23N3O2S/c1-4-5-6-13(19)17-7-9-18(10-8-17)15(20)14-11(2)16-12(3)21-14/h4-10H2,1-3H3. The van der Waals surface area contributed by atoms with Crippen LogP contribution in [0.4, 0.5) is 0 Å². The maximum atomic E-state index is 12.5. The number of piperazine rings is 1. The van der Waals surface area contributed by atoms with Gasteiger partial charge in [0.2, 0.25) is 5.91 Å². The summed E-state index contributed by atoms with van der Waals surface area (Å²) in [4.78, 5) is 33.2. The highest BCUT2D eigenvalue weighted by Crippen LogP contribution is 2.20. The molecular weight excluding hydrogens is 286 g/mol. The molecule has 6 heteroatoms. The second-order valence-electron chi connectivity index (χ2n) is 5.42. The molecular formula is C15H23N3O2S. The summed E-state index contributed by atoms with van der Waals surface area (Å²) in [7, 11) is 0. The van der Waals surface area contributed by atoms with Crippen LogP contribution in [0.25, 0.3) is 0 Å². The first-order valence-corrected chi connectivity index (χ1v) is 8.35. The SMILES string of the molecule is CCCCC(=O)N1CCN(C(=O)c2sc(C)nc2C)CC1. The van der Waals surface area contributed by atoms with Crippen LogP contribution in [0.2, 0.25) is 0 Å². The number of hydrogen-bond acceptors (Lipinski definition) is 4. The van der Waals surface area contributed by atoms with Gasteiger partial charge in [0.05, 0.1) is 10.7 Å². The molecule has 2 amide bonds. The largest absolute Gasteiger partial charge is 0.339 e. The molecule has 1 aliphatic heterocycles. The van der Waals surface area contributed by atoms with Crippen LogP contribution < -0.4 is 0 Å². The Kier molecular flexibility index (Phi) is 5.33. The molecule has 0 aromatic carbocycles. The van der Waals surface area contributed by atoms with Crippen molar-refractivity contribution in [1.29, 1.82) is 0 Å². The monoisotopic (exact) mass is 309 g/mol. The molecule has 0 N–H and O–H groups in total. The Labute approximate surface area is 130 Å². The molecule has 1 aromatic rings. The Morgan fingerprint density at radius 3 is 2.29 bits per heavy atom. The first-order chi connectivity index (χ1) is 10.0. The fourth-order valence-corrected chi connectivity index (χ4v) is 3.41. The predicted octanol–water partition coefficient (Wildman–Crippen LogP) is 2.23. The third-order valence-corrected chi connectivity index (χ3v) is 4.82. The molecule has 1 saturated heterocycles. The Bertz CT molecular complexity index is 519. The Balaban J connectivity index is 1.90. The van der Waals surface area contributed by atoms with Gasteiger partial charge < -0.3 is 9.80 Å². The van der Waals surface area contributed by atoms with Crippen molar-refractivity contribution in [3.63, 3.8) is 0 Å². The van der Waals surface area contributed by atoms with Gasteiger partial charge in [-0.05, 0) is 20.3 Å². The molecule has 1 fully saturated rings. The van der Waals surface area contributed by atoms with E-state index in [0.717, 1.165) is 28.4 Å². The van der Waals surface area contributed by atoms with E-state index in [9.17, 15) is 9.59 Å². The van der Waals surface area contributed by atoms with Crippen LogP contribution in [0.3, 0.4) is 0 Å². The van der Waals surface area contributed by atoms with Crippen molar-refractivity contribution in [1.82, 2.24) is 14.8 Å². The molecule has 116 valence electrons. The van der Waals surface area contributed by atoms with Gasteiger partial charge in [0.15, 0.2) is 0 Å².